The van der Waals surface area contributed by atoms with Gasteiger partial charge in [-0.2, -0.15) is 26.3 Å². The summed E-state index contributed by atoms with van der Waals surface area (Å²) in [5.74, 6) is 0. The third kappa shape index (κ3) is 3.57. The van der Waals surface area contributed by atoms with Crippen LogP contribution in [0.3, 0.4) is 0 Å². The molecule has 1 rings (SSSR count). The number of rotatable bonds is 2. The molecule has 1 aromatic carbocycles. The molecule has 0 N–H and O–H groups in total. The molecule has 0 aromatic heterocycles. The van der Waals surface area contributed by atoms with Gasteiger partial charge in [0.25, 0.3) is 9.05 Å². The van der Waals surface area contributed by atoms with Crippen molar-refractivity contribution in [3.63, 3.8) is 0 Å². The molecular formula is C10H7ClF6O2S. The molecule has 0 unspecified atom stereocenters. The maximum Gasteiger partial charge on any atom is 0.417 e. The zero-order chi connectivity index (χ0) is 15.9. The molecule has 0 aliphatic heterocycles. The molecule has 114 valence electrons. The van der Waals surface area contributed by atoms with Crippen molar-refractivity contribution in [1.82, 2.24) is 0 Å². The quantitative estimate of drug-likeness (QED) is 0.597. The Labute approximate surface area is 114 Å². The molecular weight excluding hydrogens is 334 g/mol. The average molecular weight is 341 g/mol. The van der Waals surface area contributed by atoms with Gasteiger partial charge in [0.1, 0.15) is 0 Å². The lowest BCUT2D eigenvalue weighted by molar-refractivity contribution is -0.162. The lowest BCUT2D eigenvalue weighted by Crippen LogP contribution is -2.20. The maximum absolute atomic E-state index is 12.8. The Balaban J connectivity index is 3.85. The Bertz CT molecular complexity index is 618. The molecule has 0 saturated carbocycles. The van der Waals surface area contributed by atoms with Gasteiger partial charge in [-0.3, -0.25) is 0 Å². The molecule has 1 aromatic rings. The third-order valence-corrected chi connectivity index (χ3v) is 3.78. The summed E-state index contributed by atoms with van der Waals surface area (Å²) in [6.07, 6.45) is -11.0. The van der Waals surface area contributed by atoms with Gasteiger partial charge in [0.05, 0.1) is 16.0 Å². The highest BCUT2D eigenvalue weighted by Crippen LogP contribution is 2.43. The predicted octanol–water partition coefficient (Wildman–Crippen LogP) is 4.21. The predicted molar refractivity (Wildman–Crippen MR) is 58.9 cm³/mol. The van der Waals surface area contributed by atoms with Crippen molar-refractivity contribution < 1.29 is 34.8 Å². The van der Waals surface area contributed by atoms with Crippen molar-refractivity contribution in [2.24, 2.45) is 0 Å². The van der Waals surface area contributed by atoms with E-state index in [-0.39, 0.29) is 6.07 Å². The fraction of sp³-hybridized carbons (Fsp3) is 0.400. The van der Waals surface area contributed by atoms with E-state index < -0.39 is 49.4 Å². The van der Waals surface area contributed by atoms with Crippen molar-refractivity contribution >= 4 is 19.7 Å². The minimum atomic E-state index is -5.35. The minimum Gasteiger partial charge on any atom is -0.207 e. The number of hydrogen-bond donors (Lipinski definition) is 0. The summed E-state index contributed by atoms with van der Waals surface area (Å²) in [7, 11) is 0.324. The van der Waals surface area contributed by atoms with E-state index in [1.165, 1.54) is 6.92 Å². The number of alkyl halides is 6. The molecule has 2 nitrogen and oxygen atoms in total. The highest BCUT2D eigenvalue weighted by atomic mass is 35.7. The van der Waals surface area contributed by atoms with Gasteiger partial charge in [0.15, 0.2) is 0 Å². The highest BCUT2D eigenvalue weighted by Gasteiger charge is 2.45. The molecule has 0 amide bonds. The van der Waals surface area contributed by atoms with Crippen molar-refractivity contribution in [3.8, 4) is 0 Å². The Kier molecular flexibility index (Phi) is 4.36. The Morgan fingerprint density at radius 2 is 1.55 bits per heavy atom. The first kappa shape index (κ1) is 17.1. The van der Waals surface area contributed by atoms with Crippen LogP contribution < -0.4 is 0 Å². The summed E-state index contributed by atoms with van der Waals surface area (Å²) in [4.78, 5) is -1.02. The van der Waals surface area contributed by atoms with Gasteiger partial charge in [-0.15, -0.1) is 0 Å². The van der Waals surface area contributed by atoms with Crippen LogP contribution >= 0.6 is 10.7 Å². The average Bonchev–Trinajstić information content (AvgIpc) is 2.23. The van der Waals surface area contributed by atoms with E-state index in [1.54, 1.807) is 0 Å². The Morgan fingerprint density at radius 3 is 1.85 bits per heavy atom. The number of benzene rings is 1. The highest BCUT2D eigenvalue weighted by molar-refractivity contribution is 8.13. The van der Waals surface area contributed by atoms with Crippen LogP contribution in [0.1, 0.15) is 23.6 Å². The van der Waals surface area contributed by atoms with Gasteiger partial charge in [-0.05, 0) is 24.1 Å². The number of aryl methyl sites for hydroxylation is 1. The molecule has 0 saturated heterocycles. The lowest BCUT2D eigenvalue weighted by Gasteiger charge is -2.19. The molecule has 0 spiro atoms. The standard InChI is InChI=1S/C10H7ClF6O2S/c1-2-5-3-6(20(11,18)19)4-7(9(12,13)14)8(5)10(15,16)17/h3-4H,2H2,1H3. The van der Waals surface area contributed by atoms with E-state index in [2.05, 4.69) is 0 Å². The molecule has 0 heterocycles. The summed E-state index contributed by atoms with van der Waals surface area (Å²) >= 11 is 0. The molecule has 0 aliphatic carbocycles. The van der Waals surface area contributed by atoms with Gasteiger partial charge in [0.2, 0.25) is 0 Å². The maximum atomic E-state index is 12.8. The largest absolute Gasteiger partial charge is 0.417 e. The van der Waals surface area contributed by atoms with Crippen LogP contribution in [-0.2, 0) is 27.8 Å². The summed E-state index contributed by atoms with van der Waals surface area (Å²) < 4.78 is 98.6. The first-order chi connectivity index (χ1) is 8.78. The molecule has 0 radical (unpaired) electrons. The second kappa shape index (κ2) is 5.10. The molecule has 0 fully saturated rings. The van der Waals surface area contributed by atoms with Gasteiger partial charge in [-0.25, -0.2) is 8.42 Å². The van der Waals surface area contributed by atoms with Crippen LogP contribution in [0.25, 0.3) is 0 Å². The van der Waals surface area contributed by atoms with E-state index in [0.717, 1.165) is 0 Å². The fourth-order valence-corrected chi connectivity index (χ4v) is 2.46. The second-order valence-electron chi connectivity index (χ2n) is 3.79. The van der Waals surface area contributed by atoms with E-state index in [1.807, 2.05) is 0 Å². The monoisotopic (exact) mass is 340 g/mol. The van der Waals surface area contributed by atoms with E-state index in [9.17, 15) is 34.8 Å². The van der Waals surface area contributed by atoms with Gasteiger partial charge in [-0.1, -0.05) is 6.92 Å². The Hall–Kier alpha value is -0.960. The topological polar surface area (TPSA) is 34.1 Å². The van der Waals surface area contributed by atoms with Crippen LogP contribution in [-0.4, -0.2) is 8.42 Å². The van der Waals surface area contributed by atoms with Crippen LogP contribution in [0.5, 0.6) is 0 Å². The number of hydrogen-bond acceptors (Lipinski definition) is 2. The molecule has 0 aliphatic rings. The van der Waals surface area contributed by atoms with Crippen LogP contribution in [0.4, 0.5) is 26.3 Å². The Morgan fingerprint density at radius 1 is 1.05 bits per heavy atom. The summed E-state index contributed by atoms with van der Waals surface area (Å²) in [6, 6.07) is 0.394. The van der Waals surface area contributed by atoms with Crippen molar-refractivity contribution in [3.05, 3.63) is 28.8 Å². The normalized spacial score (nSPS) is 13.6. The van der Waals surface area contributed by atoms with E-state index in [4.69, 9.17) is 10.7 Å². The first-order valence-corrected chi connectivity index (χ1v) is 7.35. The zero-order valence-corrected chi connectivity index (χ0v) is 11.3. The molecule has 0 atom stereocenters. The van der Waals surface area contributed by atoms with Gasteiger partial charge in [0, 0.05) is 10.7 Å². The molecule has 10 heteroatoms. The molecule has 20 heavy (non-hydrogen) atoms. The van der Waals surface area contributed by atoms with Crippen molar-refractivity contribution in [2.45, 2.75) is 30.6 Å². The third-order valence-electron chi connectivity index (χ3n) is 2.44. The van der Waals surface area contributed by atoms with E-state index >= 15 is 0 Å². The lowest BCUT2D eigenvalue weighted by atomic mass is 9.98. The summed E-state index contributed by atoms with van der Waals surface area (Å²) in [6.45, 7) is 1.18. The SMILES string of the molecule is CCc1cc(S(=O)(=O)Cl)cc(C(F)(F)F)c1C(F)(F)F. The minimum absolute atomic E-state index is 0.107. The van der Waals surface area contributed by atoms with Crippen LogP contribution in [0.15, 0.2) is 17.0 Å². The van der Waals surface area contributed by atoms with Crippen LogP contribution in [0.2, 0.25) is 0 Å². The van der Waals surface area contributed by atoms with Gasteiger partial charge < -0.3 is 0 Å². The van der Waals surface area contributed by atoms with E-state index in [0.29, 0.717) is 6.07 Å². The van der Waals surface area contributed by atoms with Crippen molar-refractivity contribution in [2.75, 3.05) is 0 Å². The van der Waals surface area contributed by atoms with Crippen LogP contribution in [0, 0.1) is 0 Å². The van der Waals surface area contributed by atoms with Gasteiger partial charge >= 0.3 is 12.4 Å². The molecule has 0 bridgehead atoms. The summed E-state index contributed by atoms with van der Waals surface area (Å²) in [5, 5.41) is 0. The second-order valence-corrected chi connectivity index (χ2v) is 6.36. The summed E-state index contributed by atoms with van der Waals surface area (Å²) in [5.41, 5.74) is -4.74. The zero-order valence-electron chi connectivity index (χ0n) is 9.73. The van der Waals surface area contributed by atoms with Crippen molar-refractivity contribution in [1.29, 1.82) is 0 Å². The number of halogens is 7. The first-order valence-electron chi connectivity index (χ1n) is 5.04. The smallest absolute Gasteiger partial charge is 0.207 e. The fourth-order valence-electron chi connectivity index (χ4n) is 1.65.